The maximum absolute atomic E-state index is 9.01. The number of nitrogens with one attached hydrogen (secondary N) is 1. The molecule has 1 aromatic rings. The molecule has 1 aromatic heterocycles. The van der Waals surface area contributed by atoms with Crippen LogP contribution in [0.1, 0.15) is 11.1 Å². The van der Waals surface area contributed by atoms with Crippen molar-refractivity contribution in [1.82, 2.24) is 4.98 Å². The SMILES string of the molecule is CN(I)c1[nH]c(=S)c(C#N)c(I)c1C#N. The molecular weight excluding hydrogens is 438 g/mol. The van der Waals surface area contributed by atoms with E-state index in [2.05, 4.69) is 11.1 Å². The van der Waals surface area contributed by atoms with E-state index in [-0.39, 0.29) is 0 Å². The fourth-order valence-electron chi connectivity index (χ4n) is 0.994. The van der Waals surface area contributed by atoms with Gasteiger partial charge in [-0.1, -0.05) is 12.2 Å². The van der Waals surface area contributed by atoms with Crippen molar-refractivity contribution in [2.75, 3.05) is 10.2 Å². The van der Waals surface area contributed by atoms with E-state index in [0.29, 0.717) is 25.2 Å². The molecule has 0 amide bonds. The highest BCUT2D eigenvalue weighted by Gasteiger charge is 2.15. The summed E-state index contributed by atoms with van der Waals surface area (Å²) in [4.78, 5) is 2.87. The second-order valence-electron chi connectivity index (χ2n) is 2.57. The van der Waals surface area contributed by atoms with Crippen LogP contribution in [0, 0.1) is 30.9 Å². The van der Waals surface area contributed by atoms with Crippen LogP contribution in [-0.2, 0) is 0 Å². The number of rotatable bonds is 1. The Kier molecular flexibility index (Phi) is 4.31. The molecule has 0 bridgehead atoms. The molecule has 4 nitrogen and oxygen atoms in total. The highest BCUT2D eigenvalue weighted by molar-refractivity contribution is 14.1. The molecule has 0 aromatic carbocycles. The van der Waals surface area contributed by atoms with Gasteiger partial charge in [-0.3, -0.25) is 0 Å². The predicted octanol–water partition coefficient (Wildman–Crippen LogP) is 2.88. The molecule has 7 heteroatoms. The van der Waals surface area contributed by atoms with Gasteiger partial charge < -0.3 is 8.10 Å². The summed E-state index contributed by atoms with van der Waals surface area (Å²) in [6, 6.07) is 4.05. The van der Waals surface area contributed by atoms with E-state index >= 15 is 0 Å². The third kappa shape index (κ3) is 2.41. The molecule has 0 saturated heterocycles. The van der Waals surface area contributed by atoms with E-state index < -0.39 is 0 Å². The van der Waals surface area contributed by atoms with Gasteiger partial charge in [-0.15, -0.1) is 0 Å². The Balaban J connectivity index is 3.71. The summed E-state index contributed by atoms with van der Waals surface area (Å²) in [5.74, 6) is 0.617. The number of nitrogens with zero attached hydrogens (tertiary/aromatic N) is 3. The molecule has 0 atom stereocenters. The topological polar surface area (TPSA) is 66.6 Å². The first-order chi connectivity index (χ1) is 7.02. The van der Waals surface area contributed by atoms with Crippen molar-refractivity contribution in [1.29, 1.82) is 10.5 Å². The zero-order valence-corrected chi connectivity index (χ0v) is 12.6. The minimum atomic E-state index is 0.351. The van der Waals surface area contributed by atoms with E-state index in [1.54, 1.807) is 10.2 Å². The lowest BCUT2D eigenvalue weighted by Crippen LogP contribution is -2.08. The van der Waals surface area contributed by atoms with Crippen LogP contribution in [0.15, 0.2) is 0 Å². The lowest BCUT2D eigenvalue weighted by Gasteiger charge is -2.13. The average Bonchev–Trinajstić information content (AvgIpc) is 2.17. The van der Waals surface area contributed by atoms with Crippen LogP contribution in [0.25, 0.3) is 0 Å². The summed E-state index contributed by atoms with van der Waals surface area (Å²) < 4.78 is 2.69. The number of anilines is 1. The molecule has 1 rings (SSSR count). The average molecular weight is 442 g/mol. The molecule has 76 valence electrons. The Labute approximate surface area is 120 Å². The maximum atomic E-state index is 9.01. The first-order valence-electron chi connectivity index (χ1n) is 3.68. The highest BCUT2D eigenvalue weighted by atomic mass is 127. The van der Waals surface area contributed by atoms with E-state index in [0.717, 1.165) is 0 Å². The number of aromatic amines is 1. The summed E-state index contributed by atoms with van der Waals surface area (Å²) in [6.45, 7) is 0. The number of nitriles is 2. The van der Waals surface area contributed by atoms with Crippen LogP contribution in [0.3, 0.4) is 0 Å². The quantitative estimate of drug-likeness (QED) is 0.413. The van der Waals surface area contributed by atoms with Gasteiger partial charge in [-0.25, -0.2) is 0 Å². The predicted molar refractivity (Wildman–Crippen MR) is 76.2 cm³/mol. The lowest BCUT2D eigenvalue weighted by molar-refractivity contribution is 1.18. The van der Waals surface area contributed by atoms with Crippen LogP contribution < -0.4 is 3.11 Å². The van der Waals surface area contributed by atoms with Crippen molar-refractivity contribution in [2.24, 2.45) is 0 Å². The summed E-state index contributed by atoms with van der Waals surface area (Å²) in [5, 5.41) is 17.9. The Morgan fingerprint density at radius 3 is 2.27 bits per heavy atom. The van der Waals surface area contributed by atoms with Crippen molar-refractivity contribution in [2.45, 2.75) is 0 Å². The third-order valence-electron chi connectivity index (χ3n) is 1.67. The van der Waals surface area contributed by atoms with Gasteiger partial charge in [-0.2, -0.15) is 10.5 Å². The van der Waals surface area contributed by atoms with Gasteiger partial charge >= 0.3 is 0 Å². The molecule has 0 fully saturated rings. The number of hydrogen-bond donors (Lipinski definition) is 1. The first-order valence-corrected chi connectivity index (χ1v) is 6.13. The van der Waals surface area contributed by atoms with Crippen LogP contribution >= 0.6 is 57.7 Å². The minimum absolute atomic E-state index is 0.351. The zero-order chi connectivity index (χ0) is 11.6. The van der Waals surface area contributed by atoms with E-state index in [4.69, 9.17) is 22.7 Å². The van der Waals surface area contributed by atoms with Crippen molar-refractivity contribution in [3.63, 3.8) is 0 Å². The lowest BCUT2D eigenvalue weighted by atomic mass is 10.2. The Hall–Kier alpha value is -0.390. The first kappa shape index (κ1) is 12.7. The van der Waals surface area contributed by atoms with Gasteiger partial charge in [0.2, 0.25) is 0 Å². The van der Waals surface area contributed by atoms with Crippen LogP contribution in [0.4, 0.5) is 5.82 Å². The second kappa shape index (κ2) is 5.09. The fraction of sp³-hybridized carbons (Fsp3) is 0.125. The van der Waals surface area contributed by atoms with Crippen molar-refractivity contribution in [3.05, 3.63) is 19.3 Å². The van der Waals surface area contributed by atoms with E-state index in [1.165, 1.54) is 0 Å². The van der Waals surface area contributed by atoms with Crippen molar-refractivity contribution < 1.29 is 0 Å². The van der Waals surface area contributed by atoms with Gasteiger partial charge in [0.1, 0.15) is 33.7 Å². The Morgan fingerprint density at radius 1 is 1.33 bits per heavy atom. The van der Waals surface area contributed by atoms with Crippen LogP contribution in [0.5, 0.6) is 0 Å². The van der Waals surface area contributed by atoms with Crippen molar-refractivity contribution in [3.8, 4) is 12.1 Å². The van der Waals surface area contributed by atoms with Crippen LogP contribution in [-0.4, -0.2) is 12.0 Å². The number of hydrogen-bond acceptors (Lipinski definition) is 4. The number of pyridine rings is 1. The van der Waals surface area contributed by atoms with Gasteiger partial charge in [-0.05, 0) is 22.6 Å². The number of aromatic nitrogens is 1. The Morgan fingerprint density at radius 2 is 1.87 bits per heavy atom. The van der Waals surface area contributed by atoms with Gasteiger partial charge in [0.25, 0.3) is 0 Å². The highest BCUT2D eigenvalue weighted by Crippen LogP contribution is 2.26. The summed E-state index contributed by atoms with van der Waals surface area (Å²) in [5.41, 5.74) is 0.793. The second-order valence-corrected chi connectivity index (χ2v) is 5.50. The molecule has 0 aliphatic carbocycles. The van der Waals surface area contributed by atoms with Gasteiger partial charge in [0.15, 0.2) is 0 Å². The zero-order valence-electron chi connectivity index (χ0n) is 7.51. The smallest absolute Gasteiger partial charge is 0.134 e. The summed E-state index contributed by atoms with van der Waals surface area (Å²) in [7, 11) is 1.80. The van der Waals surface area contributed by atoms with Gasteiger partial charge in [0, 0.05) is 7.05 Å². The van der Waals surface area contributed by atoms with Crippen LogP contribution in [0.2, 0.25) is 0 Å². The standard InChI is InChI=1S/C8H4I2N4S/c1-14(10)7-4(2-11)6(9)5(3-12)8(15)13-7/h1H3,(H,13,15). The molecule has 1 N–H and O–H groups in total. The summed E-state index contributed by atoms with van der Waals surface area (Å²) >= 11 is 9.03. The molecule has 0 saturated carbocycles. The van der Waals surface area contributed by atoms with E-state index in [1.807, 2.05) is 51.5 Å². The fourth-order valence-corrected chi connectivity index (χ4v) is 2.55. The molecule has 15 heavy (non-hydrogen) atoms. The van der Waals surface area contributed by atoms with Gasteiger partial charge in [0.05, 0.1) is 26.4 Å². The van der Waals surface area contributed by atoms with Crippen molar-refractivity contribution >= 4 is 63.5 Å². The molecule has 0 aliphatic heterocycles. The molecule has 0 radical (unpaired) electrons. The molecule has 0 aliphatic rings. The normalized spacial score (nSPS) is 9.13. The third-order valence-corrected chi connectivity index (χ3v) is 3.53. The summed E-state index contributed by atoms with van der Waals surface area (Å²) in [6.07, 6.45) is 0. The molecule has 1 heterocycles. The minimum Gasteiger partial charge on any atom is -0.330 e. The maximum Gasteiger partial charge on any atom is 0.134 e. The largest absolute Gasteiger partial charge is 0.330 e. The monoisotopic (exact) mass is 442 g/mol. The number of halogens is 2. The Bertz CT molecular complexity index is 535. The molecular formula is C8H4I2N4S. The molecule has 0 spiro atoms. The molecule has 0 unspecified atom stereocenters. The van der Waals surface area contributed by atoms with E-state index in [9.17, 15) is 0 Å². The number of H-pyrrole nitrogens is 1.